The Morgan fingerprint density at radius 1 is 0.784 bits per heavy atom. The molecule has 37 heavy (non-hydrogen) atoms. The number of benzene rings is 2. The van der Waals surface area contributed by atoms with Crippen LogP contribution in [0.3, 0.4) is 0 Å². The molecule has 2 aromatic rings. The van der Waals surface area contributed by atoms with Crippen LogP contribution in [0, 0.1) is 17.8 Å². The molecule has 2 atom stereocenters. The number of Topliss-reactive ketones (excluding diaryl/α,β-unsaturated/α-hetero) is 1. The van der Waals surface area contributed by atoms with Crippen LogP contribution in [0.4, 0.5) is 11.4 Å². The largest absolute Gasteiger partial charge is 0.465 e. The quantitative estimate of drug-likeness (QED) is 0.341. The van der Waals surface area contributed by atoms with E-state index in [-0.39, 0.29) is 37.3 Å². The second kappa shape index (κ2) is 12.7. The molecule has 1 aliphatic rings. The van der Waals surface area contributed by atoms with Crippen molar-refractivity contribution in [2.75, 3.05) is 51.2 Å². The van der Waals surface area contributed by atoms with E-state index in [1.165, 1.54) is 0 Å². The van der Waals surface area contributed by atoms with Crippen molar-refractivity contribution in [2.24, 2.45) is 17.8 Å². The fraction of sp³-hybridized carbons (Fsp3) is 0.500. The predicted molar refractivity (Wildman–Crippen MR) is 146 cm³/mol. The summed E-state index contributed by atoms with van der Waals surface area (Å²) in [5.74, 6) is -3.01. The number of hydrogen-bond donors (Lipinski definition) is 0. The maximum Gasteiger partial charge on any atom is 0.320 e. The van der Waals surface area contributed by atoms with Crippen LogP contribution in [-0.4, -0.2) is 59.1 Å². The summed E-state index contributed by atoms with van der Waals surface area (Å²) in [6, 6.07) is 16.7. The van der Waals surface area contributed by atoms with Gasteiger partial charge in [-0.15, -0.1) is 0 Å². The number of ether oxygens (including phenoxy) is 2. The van der Waals surface area contributed by atoms with Gasteiger partial charge in [0.2, 0.25) is 0 Å². The van der Waals surface area contributed by atoms with E-state index in [4.69, 9.17) is 9.47 Å². The molecule has 0 spiro atoms. The number of ketones is 1. The highest BCUT2D eigenvalue weighted by molar-refractivity contribution is 5.96. The van der Waals surface area contributed by atoms with Crippen molar-refractivity contribution in [3.05, 3.63) is 59.7 Å². The number of esters is 2. The van der Waals surface area contributed by atoms with Gasteiger partial charge in [0.15, 0.2) is 5.92 Å². The van der Waals surface area contributed by atoms with Crippen LogP contribution in [0.15, 0.2) is 48.5 Å². The van der Waals surface area contributed by atoms with Gasteiger partial charge in [0.05, 0.1) is 13.2 Å². The Hall–Kier alpha value is -3.35. The van der Waals surface area contributed by atoms with Crippen LogP contribution in [0.5, 0.6) is 0 Å². The van der Waals surface area contributed by atoms with E-state index < -0.39 is 23.8 Å². The van der Waals surface area contributed by atoms with Crippen molar-refractivity contribution in [3.8, 4) is 0 Å². The third-order valence-corrected chi connectivity index (χ3v) is 7.22. The molecule has 1 fully saturated rings. The summed E-state index contributed by atoms with van der Waals surface area (Å²) >= 11 is 0. The number of anilines is 2. The van der Waals surface area contributed by atoms with E-state index in [2.05, 4.69) is 48.5 Å². The number of rotatable bonds is 10. The summed E-state index contributed by atoms with van der Waals surface area (Å²) in [6.07, 6.45) is 1.30. The van der Waals surface area contributed by atoms with Gasteiger partial charge in [-0.25, -0.2) is 0 Å². The summed E-state index contributed by atoms with van der Waals surface area (Å²) in [4.78, 5) is 43.1. The Balaban J connectivity index is 1.92. The second-order valence-electron chi connectivity index (χ2n) is 10.0. The first kappa shape index (κ1) is 28.2. The van der Waals surface area contributed by atoms with Crippen LogP contribution in [0.1, 0.15) is 50.2 Å². The van der Waals surface area contributed by atoms with Gasteiger partial charge >= 0.3 is 11.9 Å². The topological polar surface area (TPSA) is 76.2 Å². The molecular formula is C30H40N2O5. The first-order valence-electron chi connectivity index (χ1n) is 13.1. The highest BCUT2D eigenvalue weighted by atomic mass is 16.6. The molecule has 0 heterocycles. The SMILES string of the molecule is CCOC(=O)C(C(=O)OCC)[C@H]1CC[C@@H](C(c2ccc(N(C)C)cc2)c2ccc(N(C)C)cc2)C(=O)C1. The lowest BCUT2D eigenvalue weighted by atomic mass is 9.68. The van der Waals surface area contributed by atoms with Crippen LogP contribution >= 0.6 is 0 Å². The van der Waals surface area contributed by atoms with Crippen LogP contribution in [0.2, 0.25) is 0 Å². The number of hydrogen-bond acceptors (Lipinski definition) is 7. The Bertz CT molecular complexity index is 993. The highest BCUT2D eigenvalue weighted by Gasteiger charge is 2.44. The van der Waals surface area contributed by atoms with Crippen LogP contribution in [-0.2, 0) is 23.9 Å². The summed E-state index contributed by atoms with van der Waals surface area (Å²) < 4.78 is 10.3. The van der Waals surface area contributed by atoms with Gasteiger partial charge in [-0.3, -0.25) is 14.4 Å². The first-order valence-corrected chi connectivity index (χ1v) is 13.1. The van der Waals surface area contributed by atoms with Gasteiger partial charge in [-0.1, -0.05) is 24.3 Å². The fourth-order valence-electron chi connectivity index (χ4n) is 5.27. The molecule has 3 rings (SSSR count). The lowest BCUT2D eigenvalue weighted by molar-refractivity contribution is -0.165. The Kier molecular flexibility index (Phi) is 9.73. The Labute approximate surface area is 220 Å². The molecule has 1 aliphatic carbocycles. The van der Waals surface area contributed by atoms with E-state index in [9.17, 15) is 14.4 Å². The van der Waals surface area contributed by atoms with Crippen molar-refractivity contribution in [3.63, 3.8) is 0 Å². The van der Waals surface area contributed by atoms with Gasteiger partial charge in [0.1, 0.15) is 5.78 Å². The van der Waals surface area contributed by atoms with E-state index in [0.717, 1.165) is 22.5 Å². The molecule has 1 saturated carbocycles. The normalized spacial score (nSPS) is 17.6. The monoisotopic (exact) mass is 508 g/mol. The van der Waals surface area contributed by atoms with Gasteiger partial charge in [0, 0.05) is 57.8 Å². The van der Waals surface area contributed by atoms with Crippen molar-refractivity contribution in [2.45, 2.75) is 39.0 Å². The van der Waals surface area contributed by atoms with Crippen molar-refractivity contribution >= 4 is 29.1 Å². The average Bonchev–Trinajstić information content (AvgIpc) is 2.86. The van der Waals surface area contributed by atoms with Crippen molar-refractivity contribution in [1.82, 2.24) is 0 Å². The molecule has 0 N–H and O–H groups in total. The molecule has 7 nitrogen and oxygen atoms in total. The molecule has 0 unspecified atom stereocenters. The molecule has 0 radical (unpaired) electrons. The van der Waals surface area contributed by atoms with Crippen molar-refractivity contribution in [1.29, 1.82) is 0 Å². The summed E-state index contributed by atoms with van der Waals surface area (Å²) in [7, 11) is 8.00. The lowest BCUT2D eigenvalue weighted by Crippen LogP contribution is -2.40. The Morgan fingerprint density at radius 2 is 1.22 bits per heavy atom. The third kappa shape index (κ3) is 6.70. The van der Waals surface area contributed by atoms with E-state index in [1.807, 2.05) is 38.0 Å². The molecule has 0 aliphatic heterocycles. The minimum Gasteiger partial charge on any atom is -0.465 e. The molecule has 0 saturated heterocycles. The Morgan fingerprint density at radius 3 is 1.57 bits per heavy atom. The standard InChI is InChI=1S/C30H40N2O5/c1-7-36-29(34)28(30(35)37-8-2)22-13-18-25(26(33)19-22)27(20-9-14-23(15-10-20)31(3)4)21-11-16-24(17-12-21)32(5)6/h9-12,14-17,22,25,27-28H,7-8,13,18-19H2,1-6H3/t22-,25+/m0/s1. The molecule has 0 amide bonds. The number of carbonyl (C=O) groups is 3. The first-order chi connectivity index (χ1) is 17.7. The zero-order valence-electron chi connectivity index (χ0n) is 22.9. The minimum atomic E-state index is -1.07. The van der Waals surface area contributed by atoms with E-state index in [1.54, 1.807) is 13.8 Å². The zero-order chi connectivity index (χ0) is 27.1. The molecule has 0 bridgehead atoms. The zero-order valence-corrected chi connectivity index (χ0v) is 22.9. The van der Waals surface area contributed by atoms with Gasteiger partial charge in [0.25, 0.3) is 0 Å². The molecule has 7 heteroatoms. The summed E-state index contributed by atoms with van der Waals surface area (Å²) in [5, 5.41) is 0. The molecule has 2 aromatic carbocycles. The smallest absolute Gasteiger partial charge is 0.320 e. The molecular weight excluding hydrogens is 468 g/mol. The fourth-order valence-corrected chi connectivity index (χ4v) is 5.27. The molecule has 0 aromatic heterocycles. The van der Waals surface area contributed by atoms with E-state index in [0.29, 0.717) is 12.8 Å². The summed E-state index contributed by atoms with van der Waals surface area (Å²) in [6.45, 7) is 3.75. The highest BCUT2D eigenvalue weighted by Crippen LogP contribution is 2.43. The van der Waals surface area contributed by atoms with Gasteiger partial charge < -0.3 is 19.3 Å². The predicted octanol–water partition coefficient (Wildman–Crippen LogP) is 4.68. The summed E-state index contributed by atoms with van der Waals surface area (Å²) in [5.41, 5.74) is 4.33. The maximum atomic E-state index is 13.7. The number of carbonyl (C=O) groups excluding carboxylic acids is 3. The lowest BCUT2D eigenvalue weighted by Gasteiger charge is -2.35. The second-order valence-corrected chi connectivity index (χ2v) is 10.0. The van der Waals surface area contributed by atoms with Gasteiger partial charge in [-0.05, 0) is 68.0 Å². The van der Waals surface area contributed by atoms with Gasteiger partial charge in [-0.2, -0.15) is 0 Å². The third-order valence-electron chi connectivity index (χ3n) is 7.22. The van der Waals surface area contributed by atoms with Crippen molar-refractivity contribution < 1.29 is 23.9 Å². The molecule has 200 valence electrons. The maximum absolute atomic E-state index is 13.7. The average molecular weight is 509 g/mol. The van der Waals surface area contributed by atoms with E-state index >= 15 is 0 Å². The minimum absolute atomic E-state index is 0.0632. The van der Waals surface area contributed by atoms with Crippen LogP contribution < -0.4 is 9.80 Å². The number of nitrogens with zero attached hydrogens (tertiary/aromatic N) is 2. The van der Waals surface area contributed by atoms with Crippen LogP contribution in [0.25, 0.3) is 0 Å².